The van der Waals surface area contributed by atoms with E-state index in [2.05, 4.69) is 45.4 Å². The van der Waals surface area contributed by atoms with Gasteiger partial charge in [0.1, 0.15) is 26.0 Å². The minimum atomic E-state index is -4.12. The molecule has 6 N–H and O–H groups in total. The van der Waals surface area contributed by atoms with Crippen LogP contribution in [0.2, 0.25) is 0 Å². The first-order valence-corrected chi connectivity index (χ1v) is 34.2. The number of fused-ring (bicyclic) bond motifs is 8. The number of allylic oxidation sites excluding steroid dienone is 4. The summed E-state index contributed by atoms with van der Waals surface area (Å²) >= 11 is 0. The molecule has 0 radical (unpaired) electrons. The second-order valence-corrected chi connectivity index (χ2v) is 25.9. The van der Waals surface area contributed by atoms with Crippen molar-refractivity contribution < 1.29 is 104 Å². The predicted molar refractivity (Wildman–Crippen MR) is 327 cm³/mol. The fraction of sp³-hybridized carbons (Fsp3) is 0.806. The quantitative estimate of drug-likeness (QED) is 0.0305. The van der Waals surface area contributed by atoms with Crippen LogP contribution in [0.25, 0.3) is 0 Å². The maximum absolute atomic E-state index is 14.4. The topological polar surface area (TPSA) is 367 Å². The molecule has 0 aromatic carbocycles. The molecule has 4 amide bonds. The van der Waals surface area contributed by atoms with E-state index < -0.39 is 56.7 Å². The molecular formula is C62H99N7O22S. The van der Waals surface area contributed by atoms with Gasteiger partial charge in [0.15, 0.2) is 23.5 Å². The largest absolute Gasteiger partial charge is 0.393 e. The summed E-state index contributed by atoms with van der Waals surface area (Å²) in [5.41, 5.74) is 0.241. The zero-order chi connectivity index (χ0) is 65.8. The molecule has 1 aliphatic heterocycles. The monoisotopic (exact) mass is 1330 g/mol. The molecule has 1 saturated heterocycles. The van der Waals surface area contributed by atoms with Crippen LogP contribution in [0, 0.1) is 28.6 Å². The second-order valence-electron chi connectivity index (χ2n) is 24.4. The summed E-state index contributed by atoms with van der Waals surface area (Å²) in [7, 11) is -4.12. The lowest BCUT2D eigenvalue weighted by Crippen LogP contribution is -2.63. The summed E-state index contributed by atoms with van der Waals surface area (Å²) in [6, 6.07) is 0. The Kier molecular flexibility index (Phi) is 30.9. The average Bonchev–Trinajstić information content (AvgIpc) is 1.48. The summed E-state index contributed by atoms with van der Waals surface area (Å²) in [5, 5.41) is 31.1. The van der Waals surface area contributed by atoms with Gasteiger partial charge in [-0.3, -0.25) is 33.3 Å². The van der Waals surface area contributed by atoms with Gasteiger partial charge < -0.3 is 83.2 Å². The van der Waals surface area contributed by atoms with Crippen LogP contribution in [0.5, 0.6) is 0 Å². The number of aliphatic hydroxyl groups is 1. The molecule has 1 aromatic heterocycles. The Bertz CT molecular complexity index is 2700. The molecule has 2 heterocycles. The summed E-state index contributed by atoms with van der Waals surface area (Å²) in [6.45, 7) is 10.6. The fourth-order valence-corrected chi connectivity index (χ4v) is 14.1. The molecule has 7 rings (SSSR count). The number of ether oxygens (including phenoxy) is 12. The fourth-order valence-electron chi connectivity index (χ4n) is 13.8. The second kappa shape index (κ2) is 38.1. The van der Waals surface area contributed by atoms with Crippen molar-refractivity contribution in [2.24, 2.45) is 28.6 Å². The van der Waals surface area contributed by atoms with Crippen LogP contribution in [-0.4, -0.2) is 243 Å². The Morgan fingerprint density at radius 1 is 0.717 bits per heavy atom. The molecule has 520 valence electrons. The van der Waals surface area contributed by atoms with E-state index in [1.165, 1.54) is 0 Å². The zero-order valence-electron chi connectivity index (χ0n) is 53.7. The molecule has 6 aliphatic rings. The van der Waals surface area contributed by atoms with E-state index in [4.69, 9.17) is 61.4 Å². The molecule has 5 aliphatic carbocycles. The number of hydrogen-bond donors (Lipinski definition) is 6. The maximum Gasteiger partial charge on any atom is 0.266 e. The van der Waals surface area contributed by atoms with Crippen molar-refractivity contribution in [2.75, 3.05) is 151 Å². The van der Waals surface area contributed by atoms with Crippen molar-refractivity contribution >= 4 is 45.3 Å². The molecule has 2 unspecified atom stereocenters. The number of hydrogen-bond acceptors (Lipinski definition) is 23. The first-order valence-electron chi connectivity index (χ1n) is 32.6. The molecule has 30 heteroatoms. The third-order valence-electron chi connectivity index (χ3n) is 18.1. The van der Waals surface area contributed by atoms with Gasteiger partial charge in [-0.2, -0.15) is 8.42 Å². The average molecular weight is 1330 g/mol. The van der Waals surface area contributed by atoms with Crippen LogP contribution < -0.4 is 21.3 Å². The highest BCUT2D eigenvalue weighted by Gasteiger charge is 2.75. The summed E-state index contributed by atoms with van der Waals surface area (Å²) in [4.78, 5) is 76.2. The van der Waals surface area contributed by atoms with E-state index in [-0.39, 0.29) is 132 Å². The Hall–Kier alpha value is -4.77. The number of ketones is 2. The first-order chi connectivity index (χ1) is 44.4. The standard InChI is InChI=1S/C62H99N7O22S/c1-4-8-57-90-52-38-47-46-12-11-44-37-45(70)13-16-60(44,2)58(46)49(71)39-61(47,3)62(52,91-57)51(72)41-88-43-66-55(75)40-65-54(74)15-21-81-25-29-85-32-34-86-30-26-82-22-17-63-56(76)42-89-50-10-7-5-6-9-48-59(50)69(68-67-48)19-23-83-27-31-87-35-33-84-28-24-80-20-14-53(73)64-18-36-92(77,78)79/h13,16,37,46-47,49-50,52,57-58,71H,4-12,14-15,17-36,38-43H2,1-3H3,(H,63,76)(H,64,73)(H,65,74)(H,66,75)(H,77,78,79)/t46-,47-,49-,50?,52+,57?,58+,60-,61-,62+/m0/s1. The lowest BCUT2D eigenvalue weighted by Gasteiger charge is -2.59. The lowest BCUT2D eigenvalue weighted by atomic mass is 9.46. The molecule has 4 fully saturated rings. The van der Waals surface area contributed by atoms with Crippen LogP contribution in [0.1, 0.15) is 115 Å². The van der Waals surface area contributed by atoms with Crippen molar-refractivity contribution in [1.82, 2.24) is 36.3 Å². The summed E-state index contributed by atoms with van der Waals surface area (Å²) in [6.07, 6.45) is 11.6. The molecule has 1 aromatic rings. The minimum absolute atomic E-state index is 0.0251. The van der Waals surface area contributed by atoms with Crippen LogP contribution in [0.3, 0.4) is 0 Å². The highest BCUT2D eigenvalue weighted by Crippen LogP contribution is 2.69. The Morgan fingerprint density at radius 2 is 1.34 bits per heavy atom. The normalized spacial score (nSPS) is 26.6. The highest BCUT2D eigenvalue weighted by atomic mass is 32.2. The highest BCUT2D eigenvalue weighted by molar-refractivity contribution is 7.85. The van der Waals surface area contributed by atoms with Crippen molar-refractivity contribution in [2.45, 2.75) is 141 Å². The van der Waals surface area contributed by atoms with E-state index in [1.807, 2.05) is 13.0 Å². The molecule has 0 spiro atoms. The predicted octanol–water partition coefficient (Wildman–Crippen LogP) is 1.43. The van der Waals surface area contributed by atoms with Gasteiger partial charge in [-0.05, 0) is 75.4 Å². The van der Waals surface area contributed by atoms with Gasteiger partial charge in [0.25, 0.3) is 10.1 Å². The Balaban J connectivity index is 0.644. The maximum atomic E-state index is 14.4. The summed E-state index contributed by atoms with van der Waals surface area (Å²) in [5.74, 6) is -2.39. The van der Waals surface area contributed by atoms with E-state index in [0.29, 0.717) is 105 Å². The van der Waals surface area contributed by atoms with Crippen LogP contribution in [0.4, 0.5) is 0 Å². The van der Waals surface area contributed by atoms with Crippen LogP contribution >= 0.6 is 0 Å². The smallest absolute Gasteiger partial charge is 0.266 e. The molecule has 29 nitrogen and oxygen atoms in total. The van der Waals surface area contributed by atoms with Crippen molar-refractivity contribution in [1.29, 1.82) is 0 Å². The van der Waals surface area contributed by atoms with E-state index in [9.17, 15) is 42.3 Å². The third kappa shape index (κ3) is 21.9. The number of aryl methyl sites for hydroxylation is 1. The number of carbonyl (C=O) groups is 6. The van der Waals surface area contributed by atoms with Gasteiger partial charge in [-0.1, -0.05) is 56.9 Å². The van der Waals surface area contributed by atoms with Gasteiger partial charge in [-0.25, -0.2) is 4.68 Å². The van der Waals surface area contributed by atoms with E-state index in [0.717, 1.165) is 68.3 Å². The molecule has 10 atom stereocenters. The molecule has 3 saturated carbocycles. The molecule has 92 heavy (non-hydrogen) atoms. The number of nitrogens with zero attached hydrogens (tertiary/aromatic N) is 3. The Morgan fingerprint density at radius 3 is 1.99 bits per heavy atom. The van der Waals surface area contributed by atoms with Gasteiger partial charge in [-0.15, -0.1) is 5.10 Å². The number of aliphatic hydroxyl groups excluding tert-OH is 1. The van der Waals surface area contributed by atoms with Crippen molar-refractivity contribution in [3.05, 3.63) is 35.2 Å². The van der Waals surface area contributed by atoms with E-state index in [1.54, 1.807) is 16.8 Å². The third-order valence-corrected chi connectivity index (χ3v) is 18.8. The van der Waals surface area contributed by atoms with Gasteiger partial charge in [0.2, 0.25) is 23.6 Å². The Labute approximate surface area is 539 Å². The first kappa shape index (κ1) is 74.6. The minimum Gasteiger partial charge on any atom is -0.393 e. The van der Waals surface area contributed by atoms with Gasteiger partial charge >= 0.3 is 0 Å². The van der Waals surface area contributed by atoms with Crippen molar-refractivity contribution in [3.63, 3.8) is 0 Å². The summed E-state index contributed by atoms with van der Waals surface area (Å²) < 4.78 is 101. The number of aromatic nitrogens is 3. The van der Waals surface area contributed by atoms with Gasteiger partial charge in [0.05, 0.1) is 148 Å². The number of nitrogens with one attached hydrogen (secondary N) is 4. The van der Waals surface area contributed by atoms with Crippen LogP contribution in [0.15, 0.2) is 23.8 Å². The zero-order valence-corrected chi connectivity index (χ0v) is 54.6. The number of Topliss-reactive ketones (excluding diaryl/α,β-unsaturated/α-hetero) is 1. The number of amides is 4. The SMILES string of the molecule is CCCC1O[C@@H]2C[C@H]3[C@@H]4CCC5=CC(=O)C=C[C@]5(C)[C@H]4[C@@H](O)C[C@]3(C)[C@]2(C(=O)COCNC(=O)CNC(=O)CCOCCOCCOCCOCCNC(=O)COC2CCCCCc3nnn(CCOCCOCCOCCOCCC(=O)NCCS(=O)(=O)O)c32)O1. The number of rotatable bonds is 45. The molecular weight excluding hydrogens is 1230 g/mol. The molecule has 0 bridgehead atoms. The van der Waals surface area contributed by atoms with Crippen LogP contribution in [-0.2, 0) is 109 Å². The van der Waals surface area contributed by atoms with Crippen molar-refractivity contribution in [3.8, 4) is 0 Å². The number of carbonyl (C=O) groups excluding carboxylic acids is 6. The van der Waals surface area contributed by atoms with Gasteiger partial charge in [0, 0.05) is 42.7 Å². The lowest BCUT2D eigenvalue weighted by molar-refractivity contribution is -0.201. The van der Waals surface area contributed by atoms with E-state index >= 15 is 0 Å².